The molecule has 0 aliphatic carbocycles. The molecule has 4 N–H and O–H groups in total. The average molecular weight is 369 g/mol. The summed E-state index contributed by atoms with van der Waals surface area (Å²) in [6.07, 6.45) is 1.28. The van der Waals surface area contributed by atoms with Crippen molar-refractivity contribution in [3.05, 3.63) is 77.9 Å². The molecule has 8 nitrogen and oxygen atoms in total. The largest absolute Gasteiger partial charge is 0.504 e. The molecule has 0 fully saturated rings. The number of halogens is 1. The summed E-state index contributed by atoms with van der Waals surface area (Å²) in [6.45, 7) is -0.0533. The van der Waals surface area contributed by atoms with Gasteiger partial charge in [-0.3, -0.25) is 10.2 Å². The monoisotopic (exact) mass is 369 g/mol. The minimum Gasteiger partial charge on any atom is -0.504 e. The van der Waals surface area contributed by atoms with Gasteiger partial charge in [0, 0.05) is 12.1 Å². The number of hydrogen-bond acceptors (Lipinski definition) is 4. The normalized spacial score (nSPS) is 10.3. The Morgan fingerprint density at radius 3 is 2.48 bits per heavy atom. The van der Waals surface area contributed by atoms with Gasteiger partial charge in [0.2, 0.25) is 0 Å². The van der Waals surface area contributed by atoms with Gasteiger partial charge >= 0.3 is 6.03 Å². The number of hydrazine groups is 1. The van der Waals surface area contributed by atoms with Gasteiger partial charge in [0.05, 0.1) is 11.9 Å². The Morgan fingerprint density at radius 2 is 1.74 bits per heavy atom. The third kappa shape index (κ3) is 4.40. The van der Waals surface area contributed by atoms with Crippen molar-refractivity contribution in [1.82, 2.24) is 25.9 Å². The van der Waals surface area contributed by atoms with Crippen LogP contribution in [0.3, 0.4) is 0 Å². The first kappa shape index (κ1) is 17.9. The number of hydrogen-bond donors (Lipinski definition) is 4. The molecule has 9 heteroatoms. The summed E-state index contributed by atoms with van der Waals surface area (Å²) in [7, 11) is 0. The second-order valence-corrected chi connectivity index (χ2v) is 5.50. The Kier molecular flexibility index (Phi) is 5.31. The fraction of sp³-hybridized carbons (Fsp3) is 0.0556. The van der Waals surface area contributed by atoms with Crippen LogP contribution in [0.5, 0.6) is 5.75 Å². The Morgan fingerprint density at radius 1 is 1.04 bits per heavy atom. The number of nitrogens with one attached hydrogen (secondary N) is 3. The number of carbonyl (C=O) groups is 2. The maximum Gasteiger partial charge on any atom is 0.333 e. The number of amides is 3. The highest BCUT2D eigenvalue weighted by Crippen LogP contribution is 2.17. The summed E-state index contributed by atoms with van der Waals surface area (Å²) >= 11 is 0. The smallest absolute Gasteiger partial charge is 0.333 e. The molecule has 27 heavy (non-hydrogen) atoms. The number of para-hydroxylation sites is 1. The van der Waals surface area contributed by atoms with E-state index in [9.17, 15) is 19.1 Å². The standard InChI is InChI=1S/C18H16FN5O3/c19-14-9-5-4-6-12(14)10-20-18(27)22-21-17(26)16-15(25)11-24(23-16)13-7-2-1-3-8-13/h1-9,11,25H,10H2,(H,21,26)(H2,20,22,27). The number of urea groups is 1. The molecule has 2 aromatic carbocycles. The van der Waals surface area contributed by atoms with Gasteiger partial charge in [-0.2, -0.15) is 5.10 Å². The number of aromatic hydroxyl groups is 1. The van der Waals surface area contributed by atoms with Crippen LogP contribution in [-0.2, 0) is 6.54 Å². The summed E-state index contributed by atoms with van der Waals surface area (Å²) in [5, 5.41) is 16.3. The zero-order valence-corrected chi connectivity index (χ0v) is 14.0. The van der Waals surface area contributed by atoms with Gasteiger partial charge < -0.3 is 10.4 Å². The van der Waals surface area contributed by atoms with Crippen molar-refractivity contribution in [2.24, 2.45) is 0 Å². The molecular formula is C18H16FN5O3. The van der Waals surface area contributed by atoms with Gasteiger partial charge in [0.25, 0.3) is 5.91 Å². The van der Waals surface area contributed by atoms with E-state index in [0.717, 1.165) is 0 Å². The molecule has 0 aliphatic heterocycles. The summed E-state index contributed by atoms with van der Waals surface area (Å²) in [6, 6.07) is 14.2. The van der Waals surface area contributed by atoms with Crippen molar-refractivity contribution < 1.29 is 19.1 Å². The van der Waals surface area contributed by atoms with Crippen LogP contribution in [0.2, 0.25) is 0 Å². The van der Waals surface area contributed by atoms with Gasteiger partial charge in [-0.15, -0.1) is 0 Å². The second kappa shape index (κ2) is 8.00. The fourth-order valence-corrected chi connectivity index (χ4v) is 2.27. The van der Waals surface area contributed by atoms with Crippen molar-refractivity contribution in [3.63, 3.8) is 0 Å². The summed E-state index contributed by atoms with van der Waals surface area (Å²) in [4.78, 5) is 23.8. The predicted molar refractivity (Wildman–Crippen MR) is 94.5 cm³/mol. The molecule has 3 rings (SSSR count). The Bertz CT molecular complexity index is 959. The molecule has 3 amide bonds. The maximum atomic E-state index is 13.5. The fourth-order valence-electron chi connectivity index (χ4n) is 2.27. The van der Waals surface area contributed by atoms with E-state index in [0.29, 0.717) is 11.3 Å². The topological polar surface area (TPSA) is 108 Å². The highest BCUT2D eigenvalue weighted by atomic mass is 19.1. The molecule has 138 valence electrons. The van der Waals surface area contributed by atoms with Crippen molar-refractivity contribution in [2.45, 2.75) is 6.54 Å². The SMILES string of the molecule is O=C(NCc1ccccc1F)NNC(=O)c1nn(-c2ccccc2)cc1O. The number of nitrogens with zero attached hydrogens (tertiary/aromatic N) is 2. The van der Waals surface area contributed by atoms with E-state index in [1.165, 1.54) is 23.0 Å². The zero-order valence-electron chi connectivity index (χ0n) is 14.0. The van der Waals surface area contributed by atoms with Gasteiger partial charge in [-0.05, 0) is 18.2 Å². The number of carbonyl (C=O) groups excluding carboxylic acids is 2. The quantitative estimate of drug-likeness (QED) is 0.527. The van der Waals surface area contributed by atoms with E-state index < -0.39 is 17.8 Å². The lowest BCUT2D eigenvalue weighted by atomic mass is 10.2. The van der Waals surface area contributed by atoms with Crippen LogP contribution in [0.15, 0.2) is 60.8 Å². The first-order valence-corrected chi connectivity index (χ1v) is 7.96. The Labute approximate surface area is 153 Å². The Balaban J connectivity index is 1.55. The number of aromatic nitrogens is 2. The van der Waals surface area contributed by atoms with E-state index in [-0.39, 0.29) is 18.0 Å². The summed E-state index contributed by atoms with van der Waals surface area (Å²) in [5.41, 5.74) is 4.94. The molecule has 0 aliphatic rings. The molecule has 0 unspecified atom stereocenters. The van der Waals surface area contributed by atoms with E-state index in [1.54, 1.807) is 36.4 Å². The van der Waals surface area contributed by atoms with Gasteiger partial charge in [-0.1, -0.05) is 36.4 Å². The average Bonchev–Trinajstić information content (AvgIpc) is 3.08. The molecular weight excluding hydrogens is 353 g/mol. The summed E-state index contributed by atoms with van der Waals surface area (Å²) in [5.74, 6) is -1.59. The van der Waals surface area contributed by atoms with Crippen molar-refractivity contribution in [2.75, 3.05) is 0 Å². The molecule has 1 heterocycles. The van der Waals surface area contributed by atoms with Crippen LogP contribution >= 0.6 is 0 Å². The van der Waals surface area contributed by atoms with Crippen molar-refractivity contribution >= 4 is 11.9 Å². The van der Waals surface area contributed by atoms with E-state index >= 15 is 0 Å². The molecule has 0 bridgehead atoms. The Hall–Kier alpha value is -3.88. The molecule has 0 spiro atoms. The van der Waals surface area contributed by atoms with Crippen LogP contribution in [-0.4, -0.2) is 26.8 Å². The third-order valence-corrected chi connectivity index (χ3v) is 3.62. The molecule has 3 aromatic rings. The second-order valence-electron chi connectivity index (χ2n) is 5.50. The molecule has 0 atom stereocenters. The van der Waals surface area contributed by atoms with Gasteiger partial charge in [0.15, 0.2) is 11.4 Å². The minimum absolute atomic E-state index is 0.0533. The van der Waals surface area contributed by atoms with Crippen LogP contribution in [0.1, 0.15) is 16.1 Å². The lowest BCUT2D eigenvalue weighted by molar-refractivity contribution is 0.0928. The maximum absolute atomic E-state index is 13.5. The lowest BCUT2D eigenvalue weighted by Crippen LogP contribution is -2.46. The highest BCUT2D eigenvalue weighted by Gasteiger charge is 2.17. The van der Waals surface area contributed by atoms with E-state index in [1.807, 2.05) is 6.07 Å². The van der Waals surface area contributed by atoms with Gasteiger partial charge in [0.1, 0.15) is 5.82 Å². The van der Waals surface area contributed by atoms with Crippen LogP contribution in [0.4, 0.5) is 9.18 Å². The van der Waals surface area contributed by atoms with Crippen LogP contribution in [0, 0.1) is 5.82 Å². The third-order valence-electron chi connectivity index (χ3n) is 3.62. The predicted octanol–water partition coefficient (Wildman–Crippen LogP) is 1.86. The van der Waals surface area contributed by atoms with Gasteiger partial charge in [-0.25, -0.2) is 19.3 Å². The highest BCUT2D eigenvalue weighted by molar-refractivity contribution is 5.95. The van der Waals surface area contributed by atoms with E-state index in [2.05, 4.69) is 21.3 Å². The van der Waals surface area contributed by atoms with Crippen molar-refractivity contribution in [1.29, 1.82) is 0 Å². The first-order chi connectivity index (χ1) is 13.0. The molecule has 0 radical (unpaired) electrons. The zero-order chi connectivity index (χ0) is 19.2. The molecule has 0 saturated heterocycles. The minimum atomic E-state index is -0.803. The van der Waals surface area contributed by atoms with Crippen LogP contribution < -0.4 is 16.2 Å². The van der Waals surface area contributed by atoms with E-state index in [4.69, 9.17) is 0 Å². The number of benzene rings is 2. The molecule has 0 saturated carbocycles. The summed E-state index contributed by atoms with van der Waals surface area (Å²) < 4.78 is 14.8. The number of rotatable bonds is 4. The van der Waals surface area contributed by atoms with Crippen molar-refractivity contribution in [3.8, 4) is 11.4 Å². The first-order valence-electron chi connectivity index (χ1n) is 7.96. The van der Waals surface area contributed by atoms with Crippen LogP contribution in [0.25, 0.3) is 5.69 Å². The molecule has 1 aromatic heterocycles. The lowest BCUT2D eigenvalue weighted by Gasteiger charge is -2.08.